The van der Waals surface area contributed by atoms with Gasteiger partial charge in [0.25, 0.3) is 5.91 Å². The van der Waals surface area contributed by atoms with E-state index in [-0.39, 0.29) is 12.0 Å². The average molecular weight is 314 g/mol. The zero-order valence-corrected chi connectivity index (χ0v) is 13.1. The lowest BCUT2D eigenvalue weighted by Crippen LogP contribution is -2.32. The summed E-state index contributed by atoms with van der Waals surface area (Å²) in [5.41, 5.74) is 2.77. The van der Waals surface area contributed by atoms with Gasteiger partial charge in [0, 0.05) is 19.1 Å². The second kappa shape index (κ2) is 5.82. The Bertz CT molecular complexity index is 691. The molecule has 0 saturated carbocycles. The minimum Gasteiger partial charge on any atom is -0.371 e. The lowest BCUT2D eigenvalue weighted by Gasteiger charge is -2.30. The highest BCUT2D eigenvalue weighted by molar-refractivity contribution is 7.13. The molecule has 1 aliphatic carbocycles. The third-order valence-corrected chi connectivity index (χ3v) is 5.51. The summed E-state index contributed by atoms with van der Waals surface area (Å²) in [5.74, 6) is 0.428. The van der Waals surface area contributed by atoms with E-state index in [4.69, 9.17) is 4.74 Å². The van der Waals surface area contributed by atoms with Gasteiger partial charge in [-0.1, -0.05) is 24.3 Å². The number of aromatic nitrogens is 1. The molecule has 0 bridgehead atoms. The predicted octanol–water partition coefficient (Wildman–Crippen LogP) is 3.06. The van der Waals surface area contributed by atoms with E-state index in [0.717, 1.165) is 30.9 Å². The van der Waals surface area contributed by atoms with Crippen LogP contribution in [0.2, 0.25) is 0 Å². The number of rotatable bonds is 4. The highest BCUT2D eigenvalue weighted by Crippen LogP contribution is 2.34. The first-order valence-electron chi connectivity index (χ1n) is 7.74. The maximum atomic E-state index is 12.2. The number of hydrogen-bond acceptors (Lipinski definition) is 4. The minimum atomic E-state index is -0.0221. The Morgan fingerprint density at radius 1 is 1.41 bits per heavy atom. The largest absolute Gasteiger partial charge is 0.371 e. The van der Waals surface area contributed by atoms with Gasteiger partial charge in [0.2, 0.25) is 0 Å². The van der Waals surface area contributed by atoms with Gasteiger partial charge in [-0.3, -0.25) is 4.79 Å². The molecule has 1 saturated heterocycles. The summed E-state index contributed by atoms with van der Waals surface area (Å²) < 4.78 is 5.61. The number of amides is 1. The Hall–Kier alpha value is -1.72. The normalized spacial score (nSPS) is 22.9. The Morgan fingerprint density at radius 3 is 3.14 bits per heavy atom. The molecule has 22 heavy (non-hydrogen) atoms. The maximum absolute atomic E-state index is 12.2. The van der Waals surface area contributed by atoms with Crippen molar-refractivity contribution >= 4 is 17.2 Å². The number of hydrogen-bond donors (Lipinski definition) is 1. The predicted molar refractivity (Wildman–Crippen MR) is 85.3 cm³/mol. The van der Waals surface area contributed by atoms with Crippen LogP contribution in [0.3, 0.4) is 0 Å². The number of benzene rings is 1. The minimum absolute atomic E-state index is 0.0221. The molecule has 1 fully saturated rings. The van der Waals surface area contributed by atoms with Gasteiger partial charge in [0.1, 0.15) is 16.0 Å². The molecule has 1 aliphatic heterocycles. The standard InChI is InChI=1S/C17H18N2O2S/c20-16(15-10-19-17(22-15)14-6-3-7-21-14)18-9-12-8-11-4-1-2-5-13(11)12/h1-2,4-5,10,12,14H,3,6-9H2,(H,18,20)/t12-,14-/m1/s1. The van der Waals surface area contributed by atoms with Gasteiger partial charge in [0.15, 0.2) is 0 Å². The first-order valence-corrected chi connectivity index (χ1v) is 8.56. The van der Waals surface area contributed by atoms with Gasteiger partial charge in [-0.05, 0) is 30.4 Å². The van der Waals surface area contributed by atoms with Crippen LogP contribution in [0.25, 0.3) is 0 Å². The number of fused-ring (bicyclic) bond motifs is 1. The Balaban J connectivity index is 1.35. The first-order chi connectivity index (χ1) is 10.8. The van der Waals surface area contributed by atoms with Gasteiger partial charge in [-0.2, -0.15) is 0 Å². The Morgan fingerprint density at radius 2 is 2.32 bits per heavy atom. The van der Waals surface area contributed by atoms with Crippen molar-refractivity contribution in [3.8, 4) is 0 Å². The quantitative estimate of drug-likeness (QED) is 0.943. The summed E-state index contributed by atoms with van der Waals surface area (Å²) in [4.78, 5) is 17.3. The lowest BCUT2D eigenvalue weighted by molar-refractivity contribution is 0.0954. The van der Waals surface area contributed by atoms with Gasteiger partial charge in [-0.15, -0.1) is 11.3 Å². The third-order valence-electron chi connectivity index (χ3n) is 4.42. The molecule has 114 valence electrons. The number of carbonyl (C=O) groups excluding carboxylic acids is 1. The SMILES string of the molecule is O=C(NC[C@H]1Cc2ccccc21)c1cnc([C@H]2CCCO2)s1. The van der Waals surface area contributed by atoms with E-state index in [1.165, 1.54) is 22.5 Å². The lowest BCUT2D eigenvalue weighted by atomic mass is 9.77. The van der Waals surface area contributed by atoms with Gasteiger partial charge < -0.3 is 10.1 Å². The molecule has 5 heteroatoms. The summed E-state index contributed by atoms with van der Waals surface area (Å²) >= 11 is 1.45. The van der Waals surface area contributed by atoms with E-state index in [2.05, 4.69) is 34.6 Å². The summed E-state index contributed by atoms with van der Waals surface area (Å²) in [7, 11) is 0. The van der Waals surface area contributed by atoms with Crippen molar-refractivity contribution in [2.45, 2.75) is 31.3 Å². The van der Waals surface area contributed by atoms with Crippen molar-refractivity contribution in [1.29, 1.82) is 0 Å². The van der Waals surface area contributed by atoms with Crippen LogP contribution in [0.15, 0.2) is 30.5 Å². The molecule has 1 aromatic heterocycles. The molecule has 4 rings (SSSR count). The van der Waals surface area contributed by atoms with E-state index in [1.807, 2.05) is 0 Å². The molecule has 2 heterocycles. The molecule has 0 radical (unpaired) electrons. The van der Waals surface area contributed by atoms with Crippen molar-refractivity contribution in [2.75, 3.05) is 13.2 Å². The zero-order valence-electron chi connectivity index (χ0n) is 12.2. The van der Waals surface area contributed by atoms with Crippen molar-refractivity contribution in [1.82, 2.24) is 10.3 Å². The average Bonchev–Trinajstić information content (AvgIpc) is 3.19. The number of thiazole rings is 1. The van der Waals surface area contributed by atoms with Crippen molar-refractivity contribution in [3.63, 3.8) is 0 Å². The molecule has 2 atom stereocenters. The number of nitrogens with zero attached hydrogens (tertiary/aromatic N) is 1. The van der Waals surface area contributed by atoms with Crippen molar-refractivity contribution < 1.29 is 9.53 Å². The van der Waals surface area contributed by atoms with Crippen LogP contribution in [0.1, 0.15) is 50.7 Å². The smallest absolute Gasteiger partial charge is 0.263 e. The van der Waals surface area contributed by atoms with Crippen LogP contribution in [0, 0.1) is 0 Å². The fourth-order valence-electron chi connectivity index (χ4n) is 3.16. The maximum Gasteiger partial charge on any atom is 0.263 e. The van der Waals surface area contributed by atoms with Crippen LogP contribution in [0.5, 0.6) is 0 Å². The van der Waals surface area contributed by atoms with Crippen LogP contribution >= 0.6 is 11.3 Å². The van der Waals surface area contributed by atoms with Crippen LogP contribution in [0.4, 0.5) is 0 Å². The molecule has 1 N–H and O–H groups in total. The fraction of sp³-hybridized carbons (Fsp3) is 0.412. The Labute approximate surface area is 133 Å². The molecule has 0 spiro atoms. The second-order valence-corrected chi connectivity index (χ2v) is 6.94. The number of carbonyl (C=O) groups is 1. The third kappa shape index (κ3) is 2.55. The Kier molecular flexibility index (Phi) is 3.68. The zero-order chi connectivity index (χ0) is 14.9. The molecule has 2 aliphatic rings. The summed E-state index contributed by atoms with van der Waals surface area (Å²) in [6.07, 6.45) is 4.90. The van der Waals surface area contributed by atoms with Crippen molar-refractivity contribution in [2.24, 2.45) is 0 Å². The molecule has 2 aromatic rings. The van der Waals surface area contributed by atoms with E-state index < -0.39 is 0 Å². The molecule has 0 unspecified atom stereocenters. The number of nitrogens with one attached hydrogen (secondary N) is 1. The van der Waals surface area contributed by atoms with Crippen LogP contribution < -0.4 is 5.32 Å². The fourth-order valence-corrected chi connectivity index (χ4v) is 4.08. The van der Waals surface area contributed by atoms with Gasteiger partial charge >= 0.3 is 0 Å². The van der Waals surface area contributed by atoms with Crippen LogP contribution in [-0.4, -0.2) is 24.0 Å². The molecule has 1 aromatic carbocycles. The van der Waals surface area contributed by atoms with Crippen LogP contribution in [-0.2, 0) is 11.2 Å². The second-order valence-electron chi connectivity index (χ2n) is 5.87. The van der Waals surface area contributed by atoms with E-state index in [0.29, 0.717) is 17.3 Å². The molecular weight excluding hydrogens is 296 g/mol. The van der Waals surface area contributed by atoms with Crippen molar-refractivity contribution in [3.05, 3.63) is 51.5 Å². The van der Waals surface area contributed by atoms with Gasteiger partial charge in [-0.25, -0.2) is 4.98 Å². The van der Waals surface area contributed by atoms with E-state index >= 15 is 0 Å². The summed E-state index contributed by atoms with van der Waals surface area (Å²) in [5, 5.41) is 3.96. The number of ether oxygens (including phenoxy) is 1. The summed E-state index contributed by atoms with van der Waals surface area (Å²) in [6.45, 7) is 1.50. The monoisotopic (exact) mass is 314 g/mol. The van der Waals surface area contributed by atoms with E-state index in [9.17, 15) is 4.79 Å². The summed E-state index contributed by atoms with van der Waals surface area (Å²) in [6, 6.07) is 8.43. The highest BCUT2D eigenvalue weighted by Gasteiger charge is 2.26. The molecule has 4 nitrogen and oxygen atoms in total. The highest BCUT2D eigenvalue weighted by atomic mass is 32.1. The topological polar surface area (TPSA) is 51.2 Å². The van der Waals surface area contributed by atoms with Gasteiger partial charge in [0.05, 0.1) is 6.20 Å². The first kappa shape index (κ1) is 13.9. The molecular formula is C17H18N2O2S. The van der Waals surface area contributed by atoms with E-state index in [1.54, 1.807) is 6.20 Å². The molecule has 1 amide bonds.